The summed E-state index contributed by atoms with van der Waals surface area (Å²) in [5.74, 6) is -0.891. The monoisotopic (exact) mass is 995 g/mol. The topological polar surface area (TPSA) is 78.9 Å². The van der Waals surface area contributed by atoms with Gasteiger partial charge in [0.15, 0.2) is 6.10 Å². The molecule has 0 amide bonds. The molecule has 0 aliphatic heterocycles. The maximum absolute atomic E-state index is 12.9. The molecule has 0 heterocycles. The third kappa shape index (κ3) is 58.1. The number of ether oxygens (including phenoxy) is 3. The van der Waals surface area contributed by atoms with Crippen LogP contribution < -0.4 is 0 Å². The molecule has 0 saturated carbocycles. The first-order chi connectivity index (χ1) is 35.0. The number of esters is 3. The normalized spacial score (nSPS) is 12.3. The zero-order valence-electron chi connectivity index (χ0n) is 47.5. The lowest BCUT2D eigenvalue weighted by Gasteiger charge is -2.18. The van der Waals surface area contributed by atoms with Crippen molar-refractivity contribution >= 4 is 17.9 Å². The first-order valence-corrected chi connectivity index (χ1v) is 31.1. The highest BCUT2D eigenvalue weighted by atomic mass is 16.6. The molecule has 0 aromatic carbocycles. The lowest BCUT2D eigenvalue weighted by Crippen LogP contribution is -2.30. The van der Waals surface area contributed by atoms with Gasteiger partial charge in [-0.05, 0) is 77.0 Å². The van der Waals surface area contributed by atoms with Gasteiger partial charge >= 0.3 is 17.9 Å². The summed E-state index contributed by atoms with van der Waals surface area (Å²) in [6.07, 6.45) is 74.0. The van der Waals surface area contributed by atoms with Gasteiger partial charge in [-0.2, -0.15) is 0 Å². The summed E-state index contributed by atoms with van der Waals surface area (Å²) in [5.41, 5.74) is 0. The molecule has 0 aromatic heterocycles. The second-order valence-corrected chi connectivity index (χ2v) is 21.0. The SMILES string of the molecule is CCCC/C=C\C/C=C\CCCCCCCC(=O)OCC(COC(=O)CCCCCCCCCCCCCCCCCCCCCCCCC)OC(=O)CCCCCCC/C=C\C/C=C\CCCCCC. The fraction of sp³-hybridized carbons (Fsp3) is 0.831. The van der Waals surface area contributed by atoms with Crippen molar-refractivity contribution in [3.05, 3.63) is 48.6 Å². The Balaban J connectivity index is 4.30. The van der Waals surface area contributed by atoms with Crippen LogP contribution in [0.3, 0.4) is 0 Å². The maximum atomic E-state index is 12.9. The minimum atomic E-state index is -0.785. The first kappa shape index (κ1) is 68.4. The fourth-order valence-electron chi connectivity index (χ4n) is 9.08. The lowest BCUT2D eigenvalue weighted by molar-refractivity contribution is -0.167. The van der Waals surface area contributed by atoms with Crippen molar-refractivity contribution in [3.8, 4) is 0 Å². The third-order valence-electron chi connectivity index (χ3n) is 13.8. The van der Waals surface area contributed by atoms with Gasteiger partial charge in [0.1, 0.15) is 13.2 Å². The van der Waals surface area contributed by atoms with Crippen molar-refractivity contribution in [2.75, 3.05) is 13.2 Å². The summed E-state index contributed by atoms with van der Waals surface area (Å²) in [5, 5.41) is 0. The molecular formula is C65H118O6. The number of allylic oxidation sites excluding steroid dienone is 8. The van der Waals surface area contributed by atoms with E-state index < -0.39 is 6.10 Å². The van der Waals surface area contributed by atoms with E-state index in [-0.39, 0.29) is 31.1 Å². The van der Waals surface area contributed by atoms with E-state index in [1.807, 2.05) is 0 Å². The van der Waals surface area contributed by atoms with Crippen molar-refractivity contribution in [2.24, 2.45) is 0 Å². The Morgan fingerprint density at radius 2 is 0.521 bits per heavy atom. The van der Waals surface area contributed by atoms with Crippen LogP contribution in [0.1, 0.15) is 329 Å². The molecule has 0 aliphatic carbocycles. The van der Waals surface area contributed by atoms with Gasteiger partial charge < -0.3 is 14.2 Å². The Morgan fingerprint density at radius 1 is 0.282 bits per heavy atom. The molecule has 1 unspecified atom stereocenters. The highest BCUT2D eigenvalue weighted by molar-refractivity contribution is 5.71. The minimum Gasteiger partial charge on any atom is -0.462 e. The summed E-state index contributed by atoms with van der Waals surface area (Å²) in [6, 6.07) is 0. The van der Waals surface area contributed by atoms with E-state index in [1.165, 1.54) is 186 Å². The second kappa shape index (κ2) is 59.9. The molecule has 414 valence electrons. The van der Waals surface area contributed by atoms with E-state index >= 15 is 0 Å². The van der Waals surface area contributed by atoms with E-state index in [1.54, 1.807) is 0 Å². The molecule has 0 spiro atoms. The van der Waals surface area contributed by atoms with Crippen LogP contribution >= 0.6 is 0 Å². The predicted molar refractivity (Wildman–Crippen MR) is 307 cm³/mol. The summed E-state index contributed by atoms with van der Waals surface area (Å²) in [4.78, 5) is 38.2. The Hall–Kier alpha value is -2.63. The van der Waals surface area contributed by atoms with Crippen molar-refractivity contribution in [2.45, 2.75) is 335 Å². The van der Waals surface area contributed by atoms with Crippen LogP contribution in [-0.4, -0.2) is 37.2 Å². The zero-order chi connectivity index (χ0) is 51.4. The van der Waals surface area contributed by atoms with E-state index in [0.717, 1.165) is 103 Å². The van der Waals surface area contributed by atoms with Gasteiger partial charge in [-0.15, -0.1) is 0 Å². The Morgan fingerprint density at radius 3 is 0.831 bits per heavy atom. The van der Waals surface area contributed by atoms with Crippen molar-refractivity contribution < 1.29 is 28.6 Å². The second-order valence-electron chi connectivity index (χ2n) is 21.0. The van der Waals surface area contributed by atoms with Gasteiger partial charge in [-0.1, -0.05) is 281 Å². The predicted octanol–water partition coefficient (Wildman–Crippen LogP) is 21.0. The van der Waals surface area contributed by atoms with Gasteiger partial charge in [0.25, 0.3) is 0 Å². The lowest BCUT2D eigenvalue weighted by atomic mass is 10.0. The largest absolute Gasteiger partial charge is 0.462 e. The van der Waals surface area contributed by atoms with Gasteiger partial charge in [0, 0.05) is 19.3 Å². The number of hydrogen-bond donors (Lipinski definition) is 0. The van der Waals surface area contributed by atoms with Crippen molar-refractivity contribution in [1.82, 2.24) is 0 Å². The van der Waals surface area contributed by atoms with E-state index in [4.69, 9.17) is 14.2 Å². The molecule has 0 bridgehead atoms. The highest BCUT2D eigenvalue weighted by Crippen LogP contribution is 2.17. The molecule has 0 rings (SSSR count). The van der Waals surface area contributed by atoms with Crippen LogP contribution in [0.15, 0.2) is 48.6 Å². The van der Waals surface area contributed by atoms with Crippen LogP contribution in [0, 0.1) is 0 Å². The smallest absolute Gasteiger partial charge is 0.306 e. The van der Waals surface area contributed by atoms with E-state index in [9.17, 15) is 14.4 Å². The van der Waals surface area contributed by atoms with Crippen LogP contribution in [0.5, 0.6) is 0 Å². The van der Waals surface area contributed by atoms with Crippen LogP contribution in [0.4, 0.5) is 0 Å². The van der Waals surface area contributed by atoms with Gasteiger partial charge in [0.05, 0.1) is 0 Å². The van der Waals surface area contributed by atoms with E-state index in [0.29, 0.717) is 19.3 Å². The van der Waals surface area contributed by atoms with Crippen molar-refractivity contribution in [3.63, 3.8) is 0 Å². The molecule has 6 heteroatoms. The zero-order valence-corrected chi connectivity index (χ0v) is 47.5. The van der Waals surface area contributed by atoms with Crippen LogP contribution in [0.25, 0.3) is 0 Å². The van der Waals surface area contributed by atoms with Gasteiger partial charge in [0.2, 0.25) is 0 Å². The Labute approximate surface area is 441 Å². The first-order valence-electron chi connectivity index (χ1n) is 31.1. The number of hydrogen-bond acceptors (Lipinski definition) is 6. The summed E-state index contributed by atoms with van der Waals surface area (Å²) in [7, 11) is 0. The molecule has 0 aromatic rings. The fourth-order valence-corrected chi connectivity index (χ4v) is 9.08. The number of rotatable bonds is 57. The number of carbonyl (C=O) groups is 3. The molecule has 71 heavy (non-hydrogen) atoms. The molecule has 0 aliphatic rings. The third-order valence-corrected chi connectivity index (χ3v) is 13.8. The number of unbranched alkanes of at least 4 members (excludes halogenated alkanes) is 38. The minimum absolute atomic E-state index is 0.0803. The van der Waals surface area contributed by atoms with Crippen LogP contribution in [0.2, 0.25) is 0 Å². The molecule has 6 nitrogen and oxygen atoms in total. The molecule has 0 saturated heterocycles. The molecular weight excluding hydrogens is 877 g/mol. The molecule has 1 atom stereocenters. The summed E-state index contributed by atoms with van der Waals surface area (Å²) < 4.78 is 16.9. The van der Waals surface area contributed by atoms with Gasteiger partial charge in [-0.25, -0.2) is 0 Å². The Bertz CT molecular complexity index is 1230. The molecule has 0 N–H and O–H groups in total. The van der Waals surface area contributed by atoms with Gasteiger partial charge in [-0.3, -0.25) is 14.4 Å². The summed E-state index contributed by atoms with van der Waals surface area (Å²) in [6.45, 7) is 6.61. The van der Waals surface area contributed by atoms with E-state index in [2.05, 4.69) is 69.4 Å². The average molecular weight is 996 g/mol. The highest BCUT2D eigenvalue weighted by Gasteiger charge is 2.19. The quantitative estimate of drug-likeness (QED) is 0.0261. The maximum Gasteiger partial charge on any atom is 0.306 e. The number of carbonyl (C=O) groups excluding carboxylic acids is 3. The molecule has 0 fully saturated rings. The van der Waals surface area contributed by atoms with Crippen molar-refractivity contribution in [1.29, 1.82) is 0 Å². The van der Waals surface area contributed by atoms with Crippen LogP contribution in [-0.2, 0) is 28.6 Å². The standard InChI is InChI=1S/C65H118O6/c1-4-7-10-13-16-19-22-25-28-30-31-32-33-34-35-36-38-40-43-46-49-52-55-58-64(67)70-61-62(60-69-63(66)57-54-51-48-45-42-39-27-24-21-18-15-12-9-6-3)71-65(68)59-56-53-50-47-44-41-37-29-26-23-20-17-14-11-8-5-2/h15,18,20,23-24,27,29,37,62H,4-14,16-17,19,21-22,25-26,28,30-36,38-61H2,1-3H3/b18-15-,23-20-,27-24-,37-29-. The Kier molecular flexibility index (Phi) is 57.7. The molecule has 0 radical (unpaired) electrons. The average Bonchev–Trinajstić information content (AvgIpc) is 3.37. The summed E-state index contributed by atoms with van der Waals surface area (Å²) >= 11 is 0.